The average Bonchev–Trinajstić information content (AvgIpc) is 3.34. The van der Waals surface area contributed by atoms with Gasteiger partial charge in [-0.2, -0.15) is 0 Å². The highest BCUT2D eigenvalue weighted by molar-refractivity contribution is 7.22. The van der Waals surface area contributed by atoms with Gasteiger partial charge in [0.1, 0.15) is 4.88 Å². The number of amides is 2. The van der Waals surface area contributed by atoms with Gasteiger partial charge in [0.05, 0.1) is 15.2 Å². The van der Waals surface area contributed by atoms with E-state index in [1.165, 1.54) is 22.7 Å². The van der Waals surface area contributed by atoms with Crippen LogP contribution in [-0.2, 0) is 0 Å². The molecule has 2 N–H and O–H groups in total. The molecule has 8 heteroatoms. The Bertz CT molecular complexity index is 1440. The first kappa shape index (κ1) is 19.7. The number of carbonyl (C=O) groups is 2. The highest BCUT2D eigenvalue weighted by Gasteiger charge is 2.17. The molecule has 0 atom stereocenters. The first-order valence-corrected chi connectivity index (χ1v) is 11.3. The van der Waals surface area contributed by atoms with Gasteiger partial charge in [-0.1, -0.05) is 59.3 Å². The van der Waals surface area contributed by atoms with Gasteiger partial charge < -0.3 is 5.32 Å². The zero-order valence-corrected chi connectivity index (χ0v) is 18.3. The molecule has 0 saturated carbocycles. The number of nitrogens with zero attached hydrogens (tertiary/aromatic N) is 1. The molecule has 152 valence electrons. The summed E-state index contributed by atoms with van der Waals surface area (Å²) in [6, 6.07) is 22.1. The molecular weight excluding hydrogens is 450 g/mol. The topological polar surface area (TPSA) is 71.1 Å². The van der Waals surface area contributed by atoms with E-state index in [4.69, 9.17) is 11.6 Å². The van der Waals surface area contributed by atoms with Crippen LogP contribution < -0.4 is 10.6 Å². The third-order valence-corrected chi connectivity index (χ3v) is 7.25. The Balaban J connectivity index is 1.36. The molecule has 2 amide bonds. The fraction of sp³-hybridized carbons (Fsp3) is 0. The molecule has 0 aliphatic carbocycles. The number of fused-ring (bicyclic) bond motifs is 2. The molecule has 0 fully saturated rings. The highest BCUT2D eigenvalue weighted by Crippen LogP contribution is 2.36. The summed E-state index contributed by atoms with van der Waals surface area (Å²) < 4.78 is 1.82. The summed E-state index contributed by atoms with van der Waals surface area (Å²) in [5.41, 5.74) is 1.94. The van der Waals surface area contributed by atoms with Crippen LogP contribution in [0.3, 0.4) is 0 Å². The van der Waals surface area contributed by atoms with Crippen LogP contribution in [0, 0.1) is 0 Å². The van der Waals surface area contributed by atoms with Crippen molar-refractivity contribution in [3.05, 3.63) is 88.3 Å². The number of rotatable bonds is 4. The molecule has 0 spiro atoms. The number of thiazole rings is 1. The third kappa shape index (κ3) is 3.90. The monoisotopic (exact) mass is 463 g/mol. The Kier molecular flexibility index (Phi) is 5.15. The smallest absolute Gasteiger partial charge is 0.267 e. The molecule has 3 aromatic carbocycles. The third-order valence-electron chi connectivity index (χ3n) is 4.64. The van der Waals surface area contributed by atoms with Crippen molar-refractivity contribution in [3.63, 3.8) is 0 Å². The van der Waals surface area contributed by atoms with Gasteiger partial charge in [-0.3, -0.25) is 14.9 Å². The van der Waals surface area contributed by atoms with E-state index in [1.54, 1.807) is 18.2 Å². The number of hydrogen-bond donors (Lipinski definition) is 2. The Morgan fingerprint density at radius 1 is 0.806 bits per heavy atom. The summed E-state index contributed by atoms with van der Waals surface area (Å²) in [5.74, 6) is -0.472. The molecule has 31 heavy (non-hydrogen) atoms. The quantitative estimate of drug-likeness (QED) is 0.312. The van der Waals surface area contributed by atoms with Gasteiger partial charge >= 0.3 is 0 Å². The van der Waals surface area contributed by atoms with E-state index in [0.29, 0.717) is 26.3 Å². The maximum Gasteiger partial charge on any atom is 0.267 e. The molecular formula is C23H14ClN3O2S2. The summed E-state index contributed by atoms with van der Waals surface area (Å²) >= 11 is 9.13. The molecule has 0 aliphatic rings. The predicted octanol–water partition coefficient (Wildman–Crippen LogP) is 6.67. The average molecular weight is 464 g/mol. The number of benzene rings is 3. The van der Waals surface area contributed by atoms with Crippen LogP contribution in [0.25, 0.3) is 20.3 Å². The molecule has 0 saturated heterocycles. The summed E-state index contributed by atoms with van der Waals surface area (Å²) in [6.45, 7) is 0. The summed E-state index contributed by atoms with van der Waals surface area (Å²) in [7, 11) is 0. The van der Waals surface area contributed by atoms with Crippen molar-refractivity contribution in [2.45, 2.75) is 0 Å². The summed E-state index contributed by atoms with van der Waals surface area (Å²) in [5, 5.41) is 7.56. The molecule has 5 rings (SSSR count). The number of halogens is 1. The Hall–Kier alpha value is -3.26. The van der Waals surface area contributed by atoms with Crippen LogP contribution in [0.15, 0.2) is 72.8 Å². The highest BCUT2D eigenvalue weighted by atomic mass is 35.5. The SMILES string of the molecule is O=C(Nc1nc2ccc(NC(=O)c3sc4ccccc4c3Cl)cc2s1)c1ccccc1. The van der Waals surface area contributed by atoms with Crippen LogP contribution in [0.1, 0.15) is 20.0 Å². The van der Waals surface area contributed by atoms with Gasteiger partial charge in [0.15, 0.2) is 5.13 Å². The predicted molar refractivity (Wildman–Crippen MR) is 129 cm³/mol. The molecule has 5 aromatic rings. The number of anilines is 2. The first-order valence-electron chi connectivity index (χ1n) is 9.34. The summed E-state index contributed by atoms with van der Waals surface area (Å²) in [4.78, 5) is 30.1. The van der Waals surface area contributed by atoms with Gasteiger partial charge in [0.2, 0.25) is 0 Å². The second kappa shape index (κ2) is 8.11. The minimum atomic E-state index is -0.257. The number of nitrogens with one attached hydrogen (secondary N) is 2. The lowest BCUT2D eigenvalue weighted by atomic mass is 10.2. The van der Waals surface area contributed by atoms with Crippen molar-refractivity contribution in [1.82, 2.24) is 4.98 Å². The van der Waals surface area contributed by atoms with E-state index in [-0.39, 0.29) is 11.8 Å². The summed E-state index contributed by atoms with van der Waals surface area (Å²) in [6.07, 6.45) is 0. The van der Waals surface area contributed by atoms with Crippen LogP contribution in [0.5, 0.6) is 0 Å². The van der Waals surface area contributed by atoms with Gasteiger partial charge in [-0.25, -0.2) is 4.98 Å². The van der Waals surface area contributed by atoms with E-state index in [9.17, 15) is 9.59 Å². The first-order chi connectivity index (χ1) is 15.1. The lowest BCUT2D eigenvalue weighted by molar-refractivity contribution is 0.102. The van der Waals surface area contributed by atoms with Crippen LogP contribution >= 0.6 is 34.3 Å². The minimum absolute atomic E-state index is 0.215. The van der Waals surface area contributed by atoms with Gasteiger partial charge in [0.25, 0.3) is 11.8 Å². The van der Waals surface area contributed by atoms with Crippen molar-refractivity contribution in [2.24, 2.45) is 0 Å². The maximum atomic E-state index is 12.8. The number of aromatic nitrogens is 1. The molecule has 0 aliphatic heterocycles. The van der Waals surface area contributed by atoms with Crippen molar-refractivity contribution in [2.75, 3.05) is 10.6 Å². The van der Waals surface area contributed by atoms with Crippen LogP contribution in [0.2, 0.25) is 5.02 Å². The number of thiophene rings is 1. The van der Waals surface area contributed by atoms with E-state index in [0.717, 1.165) is 20.3 Å². The molecule has 0 radical (unpaired) electrons. The fourth-order valence-corrected chi connectivity index (χ4v) is 5.48. The zero-order valence-electron chi connectivity index (χ0n) is 15.9. The van der Waals surface area contributed by atoms with E-state index in [1.807, 2.05) is 54.6 Å². The van der Waals surface area contributed by atoms with E-state index >= 15 is 0 Å². The molecule has 0 bridgehead atoms. The largest absolute Gasteiger partial charge is 0.321 e. The fourth-order valence-electron chi connectivity index (χ4n) is 3.16. The number of hydrogen-bond acceptors (Lipinski definition) is 5. The lowest BCUT2D eigenvalue weighted by Gasteiger charge is -2.03. The maximum absolute atomic E-state index is 12.8. The van der Waals surface area contributed by atoms with Crippen molar-refractivity contribution < 1.29 is 9.59 Å². The molecule has 0 unspecified atom stereocenters. The zero-order chi connectivity index (χ0) is 21.4. The lowest BCUT2D eigenvalue weighted by Crippen LogP contribution is -2.11. The Morgan fingerprint density at radius 2 is 1.58 bits per heavy atom. The minimum Gasteiger partial charge on any atom is -0.321 e. The normalized spacial score (nSPS) is 11.0. The van der Waals surface area contributed by atoms with Crippen LogP contribution in [-0.4, -0.2) is 16.8 Å². The van der Waals surface area contributed by atoms with Gasteiger partial charge in [-0.05, 0) is 36.4 Å². The van der Waals surface area contributed by atoms with E-state index < -0.39 is 0 Å². The Morgan fingerprint density at radius 3 is 2.39 bits per heavy atom. The molecule has 2 aromatic heterocycles. The second-order valence-corrected chi connectivity index (χ2v) is 9.18. The van der Waals surface area contributed by atoms with E-state index in [2.05, 4.69) is 15.6 Å². The van der Waals surface area contributed by atoms with Crippen LogP contribution in [0.4, 0.5) is 10.8 Å². The number of carbonyl (C=O) groups excluding carboxylic acids is 2. The van der Waals surface area contributed by atoms with Crippen molar-refractivity contribution >= 4 is 77.2 Å². The van der Waals surface area contributed by atoms with Gasteiger partial charge in [-0.15, -0.1) is 11.3 Å². The standard InChI is InChI=1S/C23H14ClN3O2S2/c24-19-15-8-4-5-9-17(15)30-20(19)22(29)25-14-10-11-16-18(12-14)31-23(26-16)27-21(28)13-6-2-1-3-7-13/h1-12H,(H,25,29)(H,26,27,28). The second-order valence-electron chi connectivity index (χ2n) is 6.72. The van der Waals surface area contributed by atoms with Crippen molar-refractivity contribution in [1.29, 1.82) is 0 Å². The Labute approximate surface area is 190 Å². The molecule has 2 heterocycles. The van der Waals surface area contributed by atoms with Crippen molar-refractivity contribution in [3.8, 4) is 0 Å². The van der Waals surface area contributed by atoms with Gasteiger partial charge in [0, 0.05) is 21.3 Å². The molecule has 5 nitrogen and oxygen atoms in total.